The van der Waals surface area contributed by atoms with Gasteiger partial charge in [0.2, 0.25) is 11.8 Å². The second-order valence-electron chi connectivity index (χ2n) is 20.1. The Morgan fingerprint density at radius 1 is 0.606 bits per heavy atom. The summed E-state index contributed by atoms with van der Waals surface area (Å²) in [5.41, 5.74) is 1.39. The molecule has 0 bridgehead atoms. The maximum absolute atomic E-state index is 14.2. The number of aliphatic hydroxyl groups is 1. The number of carbonyl (C=O) groups excluding carboxylic acids is 6. The van der Waals surface area contributed by atoms with E-state index in [1.54, 1.807) is 80.2 Å². The summed E-state index contributed by atoms with van der Waals surface area (Å²) in [5.74, 6) is -1.68. The fraction of sp³-hybridized carbons (Fsp3) is 0.520. The van der Waals surface area contributed by atoms with E-state index in [-0.39, 0.29) is 37.8 Å². The molecular formula is C50H72N10O9S2. The first kappa shape index (κ1) is 57.3. The minimum absolute atomic E-state index is 0.0143. The number of amides is 8. The molecule has 0 fully saturated rings. The fourth-order valence-electron chi connectivity index (χ4n) is 7.10. The molecule has 4 aromatic rings. The van der Waals surface area contributed by atoms with Gasteiger partial charge in [-0.2, -0.15) is 0 Å². The number of aromatic nitrogens is 2. The molecule has 0 aliphatic rings. The summed E-state index contributed by atoms with van der Waals surface area (Å²) in [6.07, 6.45) is -1.92. The second kappa shape index (κ2) is 26.2. The van der Waals surface area contributed by atoms with Crippen molar-refractivity contribution in [1.82, 2.24) is 41.0 Å². The Labute approximate surface area is 425 Å². The summed E-state index contributed by atoms with van der Waals surface area (Å²) >= 11 is 2.37. The van der Waals surface area contributed by atoms with Crippen molar-refractivity contribution in [3.05, 3.63) is 93.9 Å². The van der Waals surface area contributed by atoms with E-state index >= 15 is 0 Å². The lowest BCUT2D eigenvalue weighted by Gasteiger charge is -2.32. The van der Waals surface area contributed by atoms with Gasteiger partial charge in [0.1, 0.15) is 23.3 Å². The molecule has 4 rings (SSSR count). The highest BCUT2D eigenvalue weighted by atomic mass is 32.1. The van der Waals surface area contributed by atoms with Crippen LogP contribution in [0.3, 0.4) is 0 Å². The van der Waals surface area contributed by atoms with E-state index in [4.69, 9.17) is 9.47 Å². The van der Waals surface area contributed by atoms with E-state index in [1.165, 1.54) is 32.5 Å². The summed E-state index contributed by atoms with van der Waals surface area (Å²) in [4.78, 5) is 91.7. The lowest BCUT2D eigenvalue weighted by molar-refractivity contribution is -0.126. The molecule has 0 unspecified atom stereocenters. The average Bonchev–Trinajstić information content (AvgIpc) is 3.90. The van der Waals surface area contributed by atoms with Crippen LogP contribution in [0.25, 0.3) is 0 Å². The molecule has 0 saturated carbocycles. The molecule has 0 radical (unpaired) electrons. The van der Waals surface area contributed by atoms with Gasteiger partial charge in [0.15, 0.2) is 10.3 Å². The predicted octanol–water partition coefficient (Wildman–Crippen LogP) is 7.53. The number of ether oxygens (including phenoxy) is 2. The van der Waals surface area contributed by atoms with Gasteiger partial charge in [-0.1, -0.05) is 88.4 Å². The van der Waals surface area contributed by atoms with Crippen molar-refractivity contribution < 1.29 is 43.3 Å². The predicted molar refractivity (Wildman–Crippen MR) is 276 cm³/mol. The molecule has 8 amide bonds. The van der Waals surface area contributed by atoms with Gasteiger partial charge in [0.05, 0.1) is 36.6 Å². The maximum Gasteiger partial charge on any atom is 0.413 e. The zero-order valence-corrected chi connectivity index (χ0v) is 44.5. The fourth-order valence-corrected chi connectivity index (χ4v) is 8.48. The minimum atomic E-state index is -1.20. The Balaban J connectivity index is 1.47. The van der Waals surface area contributed by atoms with Gasteiger partial charge in [0.25, 0.3) is 0 Å². The molecule has 19 nitrogen and oxygen atoms in total. The third-order valence-electron chi connectivity index (χ3n) is 10.6. The lowest BCUT2D eigenvalue weighted by atomic mass is 9.92. The van der Waals surface area contributed by atoms with E-state index in [2.05, 4.69) is 41.9 Å². The smallest absolute Gasteiger partial charge is 0.413 e. The minimum Gasteiger partial charge on any atom is -0.444 e. The monoisotopic (exact) mass is 1020 g/mol. The molecule has 0 saturated heterocycles. The summed E-state index contributed by atoms with van der Waals surface area (Å²) in [6.45, 7) is 17.9. The maximum atomic E-state index is 14.2. The van der Waals surface area contributed by atoms with Gasteiger partial charge in [-0.3, -0.25) is 20.2 Å². The van der Waals surface area contributed by atoms with Crippen molar-refractivity contribution in [2.24, 2.45) is 11.8 Å². The van der Waals surface area contributed by atoms with Crippen LogP contribution in [0.1, 0.15) is 98.2 Å². The zero-order valence-electron chi connectivity index (χ0n) is 42.8. The Bertz CT molecular complexity index is 2370. The summed E-state index contributed by atoms with van der Waals surface area (Å²) in [6, 6.07) is 14.3. The number of thiazole rings is 2. The zero-order chi connectivity index (χ0) is 52.6. The Hall–Kier alpha value is -6.32. The molecule has 0 spiro atoms. The Morgan fingerprint density at radius 3 is 1.39 bits per heavy atom. The number of anilines is 2. The molecule has 71 heavy (non-hydrogen) atoms. The van der Waals surface area contributed by atoms with Crippen LogP contribution in [0.5, 0.6) is 0 Å². The molecule has 0 aliphatic carbocycles. The van der Waals surface area contributed by atoms with Crippen LogP contribution in [-0.2, 0) is 45.0 Å². The van der Waals surface area contributed by atoms with Crippen molar-refractivity contribution in [3.8, 4) is 0 Å². The van der Waals surface area contributed by atoms with Gasteiger partial charge in [-0.25, -0.2) is 29.1 Å². The number of nitrogens with zero attached hydrogens (tertiary/aromatic N) is 4. The number of carbonyl (C=O) groups is 6. The number of hydrogen-bond donors (Lipinski definition) is 7. The second-order valence-corrected chi connectivity index (χ2v) is 21.8. The third kappa shape index (κ3) is 20.1. The van der Waals surface area contributed by atoms with E-state index in [1.807, 2.05) is 74.5 Å². The third-order valence-corrected chi connectivity index (χ3v) is 12.2. The molecule has 7 N–H and O–H groups in total. The van der Waals surface area contributed by atoms with Crippen LogP contribution in [0.2, 0.25) is 0 Å². The highest BCUT2D eigenvalue weighted by molar-refractivity contribution is 7.14. The van der Waals surface area contributed by atoms with Crippen molar-refractivity contribution in [1.29, 1.82) is 0 Å². The molecule has 2 heterocycles. The number of benzene rings is 2. The Morgan fingerprint density at radius 2 is 1.00 bits per heavy atom. The molecule has 21 heteroatoms. The average molecular weight is 1020 g/mol. The van der Waals surface area contributed by atoms with Crippen molar-refractivity contribution >= 4 is 69.0 Å². The van der Waals surface area contributed by atoms with Crippen molar-refractivity contribution in [2.75, 3.05) is 24.7 Å². The van der Waals surface area contributed by atoms with Gasteiger partial charge in [0, 0.05) is 30.9 Å². The van der Waals surface area contributed by atoms with E-state index in [0.29, 0.717) is 28.1 Å². The van der Waals surface area contributed by atoms with E-state index in [9.17, 15) is 33.9 Å². The number of nitrogens with one attached hydrogen (secondary N) is 6. The molecule has 0 aliphatic heterocycles. The van der Waals surface area contributed by atoms with Gasteiger partial charge in [-0.15, -0.1) is 22.7 Å². The first-order valence-electron chi connectivity index (χ1n) is 23.5. The number of urea groups is 2. The number of aliphatic hydroxyl groups excluding tert-OH is 1. The van der Waals surface area contributed by atoms with Gasteiger partial charge < -0.3 is 45.6 Å². The van der Waals surface area contributed by atoms with Crippen molar-refractivity contribution in [3.63, 3.8) is 0 Å². The molecule has 2 aromatic heterocycles. The standard InChI is InChI=1S/C50H72N10O9S2/c1-30(2)39(55-45(64)59(11)26-35-28-70-43(52-35)57-47(66)68-49(5,6)7)41(62)51-34(23-32-19-15-13-16-20-32)25-38(61)37(24-33-21-17-14-18-22-33)54-42(63)40(31(3)4)56-46(65)60(12)27-36-29-71-44(53-36)58-48(67)69-50(8,9)10/h13-22,28-31,34,37-40,61H,23-27H2,1-12H3,(H,51,62)(H,54,63)(H,55,64)(H,56,65)(H,52,57,66)(H,53,58,67)/t34-,37-,38-,39-,40-/m0/s1. The Kier molecular flexibility index (Phi) is 21.1. The van der Waals surface area contributed by atoms with Crippen LogP contribution < -0.4 is 31.9 Å². The normalized spacial score (nSPS) is 13.7. The summed E-state index contributed by atoms with van der Waals surface area (Å²) < 4.78 is 10.6. The van der Waals surface area contributed by atoms with Crippen LogP contribution in [0.4, 0.5) is 29.4 Å². The highest BCUT2D eigenvalue weighted by Crippen LogP contribution is 2.21. The molecule has 5 atom stereocenters. The number of hydrogen-bond acceptors (Lipinski definition) is 13. The molecule has 2 aromatic carbocycles. The lowest BCUT2D eigenvalue weighted by Crippen LogP contribution is -2.58. The summed E-state index contributed by atoms with van der Waals surface area (Å²) in [7, 11) is 3.13. The topological polar surface area (TPSA) is 246 Å². The van der Waals surface area contributed by atoms with E-state index < -0.39 is 77.5 Å². The number of rotatable bonds is 21. The van der Waals surface area contributed by atoms with Gasteiger partial charge >= 0.3 is 24.2 Å². The quantitative estimate of drug-likeness (QED) is 0.0430. The SMILES string of the molecule is CC(C)[C@H](NC(=O)N(C)Cc1csc(NC(=O)OC(C)(C)C)n1)C(=O)N[C@@H](Cc1ccccc1)C[C@H](O)[C@H](Cc1ccccc1)NC(=O)[C@@H](NC(=O)N(C)Cc1csc(NC(=O)OC(C)(C)C)n1)C(C)C. The van der Waals surface area contributed by atoms with Crippen LogP contribution in [-0.4, -0.2) is 117 Å². The molecule has 388 valence electrons. The first-order valence-corrected chi connectivity index (χ1v) is 25.3. The van der Waals surface area contributed by atoms with Crippen molar-refractivity contribution in [2.45, 2.75) is 143 Å². The summed E-state index contributed by atoms with van der Waals surface area (Å²) in [5, 5.41) is 33.2. The van der Waals surface area contributed by atoms with Crippen LogP contribution in [0.15, 0.2) is 71.4 Å². The largest absolute Gasteiger partial charge is 0.444 e. The van der Waals surface area contributed by atoms with E-state index in [0.717, 1.165) is 11.1 Å². The van der Waals surface area contributed by atoms with Crippen LogP contribution in [0, 0.1) is 11.8 Å². The highest BCUT2D eigenvalue weighted by Gasteiger charge is 2.33. The van der Waals surface area contributed by atoms with Gasteiger partial charge in [-0.05, 0) is 83.8 Å². The first-order chi connectivity index (χ1) is 33.2. The van der Waals surface area contributed by atoms with Crippen LogP contribution >= 0.6 is 22.7 Å². The molecular weight excluding hydrogens is 949 g/mol.